The Morgan fingerprint density at radius 3 is 1.89 bits per heavy atom. The Hall–Kier alpha value is -2.23. The van der Waals surface area contributed by atoms with Gasteiger partial charge in [-0.15, -0.1) is 0 Å². The minimum atomic E-state index is -0.349. The largest absolute Gasteiger partial charge is 0.411 e. The van der Waals surface area contributed by atoms with Crippen molar-refractivity contribution in [3.05, 3.63) is 71.3 Å². The summed E-state index contributed by atoms with van der Waals surface area (Å²) in [6.45, 7) is 0. The van der Waals surface area contributed by atoms with E-state index < -0.39 is 0 Å². The molecule has 2 aromatic carbocycles. The molecule has 0 aliphatic heterocycles. The predicted octanol–water partition coefficient (Wildman–Crippen LogP) is 3.39. The van der Waals surface area contributed by atoms with Gasteiger partial charge in [-0.1, -0.05) is 29.4 Å². The number of hydrogen-bond acceptors (Lipinski definition) is 2. The maximum Gasteiger partial charge on any atom is 0.123 e. The lowest BCUT2D eigenvalue weighted by Crippen LogP contribution is -2.05. The summed E-state index contributed by atoms with van der Waals surface area (Å²) in [5, 5.41) is 12.2. The van der Waals surface area contributed by atoms with Crippen LogP contribution < -0.4 is 0 Å². The average Bonchev–Trinajstić information content (AvgIpc) is 2.39. The van der Waals surface area contributed by atoms with Crippen LogP contribution in [0.3, 0.4) is 0 Å². The molecule has 0 aliphatic carbocycles. The fourth-order valence-corrected chi connectivity index (χ4v) is 1.63. The standard InChI is InChI=1S/C14H11F2NO/c15-12-5-1-10(2-6-12)9-14(17-18)11-3-7-13(16)8-4-11/h1-8,18H,9H2/b17-14-. The van der Waals surface area contributed by atoms with Gasteiger partial charge in [0.1, 0.15) is 11.6 Å². The third kappa shape index (κ3) is 2.91. The minimum absolute atomic E-state index is 0.317. The lowest BCUT2D eigenvalue weighted by Gasteiger charge is -2.05. The van der Waals surface area contributed by atoms with Crippen LogP contribution in [-0.2, 0) is 6.42 Å². The van der Waals surface area contributed by atoms with Crippen LogP contribution >= 0.6 is 0 Å². The van der Waals surface area contributed by atoms with Gasteiger partial charge >= 0.3 is 0 Å². The Balaban J connectivity index is 2.20. The van der Waals surface area contributed by atoms with Crippen LogP contribution in [0, 0.1) is 11.6 Å². The van der Waals surface area contributed by atoms with Crippen LogP contribution in [0.4, 0.5) is 8.78 Å². The van der Waals surface area contributed by atoms with Gasteiger partial charge in [-0.2, -0.15) is 0 Å². The summed E-state index contributed by atoms with van der Waals surface area (Å²) in [6, 6.07) is 11.6. The predicted molar refractivity (Wildman–Crippen MR) is 64.8 cm³/mol. The molecule has 0 spiro atoms. The van der Waals surface area contributed by atoms with Crippen LogP contribution in [0.1, 0.15) is 11.1 Å². The van der Waals surface area contributed by atoms with Crippen molar-refractivity contribution in [3.63, 3.8) is 0 Å². The Kier molecular flexibility index (Phi) is 3.67. The van der Waals surface area contributed by atoms with E-state index in [2.05, 4.69) is 5.16 Å². The van der Waals surface area contributed by atoms with E-state index in [0.717, 1.165) is 5.56 Å². The number of nitrogens with zero attached hydrogens (tertiary/aromatic N) is 1. The molecule has 0 heterocycles. The second-order valence-corrected chi connectivity index (χ2v) is 3.86. The molecule has 0 aromatic heterocycles. The van der Waals surface area contributed by atoms with Crippen LogP contribution in [0.15, 0.2) is 53.7 Å². The normalized spacial score (nSPS) is 11.6. The molecule has 2 aromatic rings. The van der Waals surface area contributed by atoms with Crippen molar-refractivity contribution in [2.24, 2.45) is 5.16 Å². The lowest BCUT2D eigenvalue weighted by molar-refractivity contribution is 0.318. The summed E-state index contributed by atoms with van der Waals surface area (Å²) in [6.07, 6.45) is 0.350. The SMILES string of the molecule is O/N=C(/Cc1ccc(F)cc1)c1ccc(F)cc1. The summed E-state index contributed by atoms with van der Waals surface area (Å²) in [4.78, 5) is 0. The van der Waals surface area contributed by atoms with Gasteiger partial charge in [0, 0.05) is 6.42 Å². The van der Waals surface area contributed by atoms with Crippen molar-refractivity contribution in [2.45, 2.75) is 6.42 Å². The maximum absolute atomic E-state index is 12.8. The Morgan fingerprint density at radius 1 is 0.889 bits per heavy atom. The van der Waals surface area contributed by atoms with Crippen LogP contribution in [0.5, 0.6) is 0 Å². The molecule has 92 valence electrons. The van der Waals surface area contributed by atoms with Crippen molar-refractivity contribution in [3.8, 4) is 0 Å². The molecular weight excluding hydrogens is 236 g/mol. The first kappa shape index (κ1) is 12.2. The van der Waals surface area contributed by atoms with Gasteiger partial charge < -0.3 is 5.21 Å². The molecular formula is C14H11F2NO. The summed E-state index contributed by atoms with van der Waals surface area (Å²) in [5.41, 5.74) is 1.85. The molecule has 1 N–H and O–H groups in total. The molecule has 18 heavy (non-hydrogen) atoms. The Morgan fingerprint density at radius 2 is 1.39 bits per heavy atom. The number of benzene rings is 2. The van der Waals surface area contributed by atoms with E-state index in [0.29, 0.717) is 17.7 Å². The van der Waals surface area contributed by atoms with Crippen molar-refractivity contribution >= 4 is 5.71 Å². The average molecular weight is 247 g/mol. The van der Waals surface area contributed by atoms with E-state index in [1.165, 1.54) is 36.4 Å². The Labute approximate surface area is 103 Å². The van der Waals surface area contributed by atoms with Gasteiger partial charge in [0.25, 0.3) is 0 Å². The molecule has 0 amide bonds. The second kappa shape index (κ2) is 5.40. The highest BCUT2D eigenvalue weighted by molar-refractivity contribution is 6.01. The summed E-state index contributed by atoms with van der Waals surface area (Å²) in [5.74, 6) is -0.666. The smallest absolute Gasteiger partial charge is 0.123 e. The molecule has 2 rings (SSSR count). The summed E-state index contributed by atoms with van der Waals surface area (Å²) >= 11 is 0. The van der Waals surface area contributed by atoms with Crippen LogP contribution in [-0.4, -0.2) is 10.9 Å². The topological polar surface area (TPSA) is 32.6 Å². The highest BCUT2D eigenvalue weighted by Crippen LogP contribution is 2.10. The van der Waals surface area contributed by atoms with Crippen molar-refractivity contribution in [2.75, 3.05) is 0 Å². The molecule has 0 bridgehead atoms. The number of rotatable bonds is 3. The molecule has 0 fully saturated rings. The van der Waals surface area contributed by atoms with Gasteiger partial charge in [-0.25, -0.2) is 8.78 Å². The van der Waals surface area contributed by atoms with Crippen LogP contribution in [0.2, 0.25) is 0 Å². The van der Waals surface area contributed by atoms with Gasteiger partial charge in [0.15, 0.2) is 0 Å². The van der Waals surface area contributed by atoms with Crippen molar-refractivity contribution in [1.82, 2.24) is 0 Å². The Bertz CT molecular complexity index is 547. The van der Waals surface area contributed by atoms with Gasteiger partial charge in [0.2, 0.25) is 0 Å². The zero-order valence-electron chi connectivity index (χ0n) is 9.48. The molecule has 0 saturated heterocycles. The van der Waals surface area contributed by atoms with Crippen molar-refractivity contribution < 1.29 is 14.0 Å². The molecule has 0 atom stereocenters. The molecule has 0 unspecified atom stereocenters. The lowest BCUT2D eigenvalue weighted by atomic mass is 10.0. The number of halogens is 2. The zero-order chi connectivity index (χ0) is 13.0. The van der Waals surface area contributed by atoms with Gasteiger partial charge in [-0.3, -0.25) is 0 Å². The first-order valence-corrected chi connectivity index (χ1v) is 5.40. The van der Waals surface area contributed by atoms with E-state index in [1.54, 1.807) is 12.1 Å². The summed E-state index contributed by atoms with van der Waals surface area (Å²) in [7, 11) is 0. The minimum Gasteiger partial charge on any atom is -0.411 e. The van der Waals surface area contributed by atoms with Crippen LogP contribution in [0.25, 0.3) is 0 Å². The molecule has 0 radical (unpaired) electrons. The molecule has 0 aliphatic rings. The fraction of sp³-hybridized carbons (Fsp3) is 0.0714. The van der Waals surface area contributed by atoms with E-state index in [-0.39, 0.29) is 11.6 Å². The molecule has 0 saturated carbocycles. The van der Waals surface area contributed by atoms with E-state index in [1.807, 2.05) is 0 Å². The van der Waals surface area contributed by atoms with E-state index in [9.17, 15) is 8.78 Å². The van der Waals surface area contributed by atoms with Gasteiger partial charge in [-0.05, 0) is 35.4 Å². The zero-order valence-corrected chi connectivity index (χ0v) is 9.48. The van der Waals surface area contributed by atoms with Crippen molar-refractivity contribution in [1.29, 1.82) is 0 Å². The molecule has 4 heteroatoms. The van der Waals surface area contributed by atoms with E-state index >= 15 is 0 Å². The quantitative estimate of drug-likeness (QED) is 0.503. The molecule has 2 nitrogen and oxygen atoms in total. The van der Waals surface area contributed by atoms with Gasteiger partial charge in [0.05, 0.1) is 5.71 Å². The third-order valence-electron chi connectivity index (χ3n) is 2.58. The first-order valence-electron chi connectivity index (χ1n) is 5.40. The summed E-state index contributed by atoms with van der Waals surface area (Å²) < 4.78 is 25.5. The van der Waals surface area contributed by atoms with E-state index in [4.69, 9.17) is 5.21 Å². The fourth-order valence-electron chi connectivity index (χ4n) is 1.63. The third-order valence-corrected chi connectivity index (χ3v) is 2.58. The first-order chi connectivity index (χ1) is 8.69. The monoisotopic (exact) mass is 247 g/mol. The highest BCUT2D eigenvalue weighted by Gasteiger charge is 2.06. The number of oxime groups is 1. The maximum atomic E-state index is 12.8. The highest BCUT2D eigenvalue weighted by atomic mass is 19.1. The second-order valence-electron chi connectivity index (χ2n) is 3.86. The number of hydrogen-bond donors (Lipinski definition) is 1.